The van der Waals surface area contributed by atoms with E-state index in [1.807, 2.05) is 29.9 Å². The number of morpholine rings is 1. The molecule has 0 saturated carbocycles. The van der Waals surface area contributed by atoms with E-state index in [1.54, 1.807) is 19.5 Å². The average molecular weight is 569 g/mol. The molecule has 0 unspecified atom stereocenters. The van der Waals surface area contributed by atoms with E-state index in [4.69, 9.17) is 29.5 Å². The Balaban J connectivity index is 1.36. The average Bonchev–Trinajstić information content (AvgIpc) is 3.59. The van der Waals surface area contributed by atoms with E-state index in [1.165, 1.54) is 0 Å². The minimum absolute atomic E-state index is 0.667. The van der Waals surface area contributed by atoms with Gasteiger partial charge in [-0.25, -0.2) is 14.6 Å². The number of aryl methyl sites for hydroxylation is 2. The van der Waals surface area contributed by atoms with Crippen molar-refractivity contribution in [1.29, 1.82) is 0 Å². The predicted molar refractivity (Wildman–Crippen MR) is 161 cm³/mol. The van der Waals surface area contributed by atoms with E-state index in [0.29, 0.717) is 13.2 Å². The number of hydrogen-bond acceptors (Lipinski definition) is 10. The van der Waals surface area contributed by atoms with Gasteiger partial charge in [0.05, 0.1) is 55.4 Å². The highest BCUT2D eigenvalue weighted by atomic mass is 16.5. The second-order valence-corrected chi connectivity index (χ2v) is 11.1. The molecule has 0 atom stereocenters. The van der Waals surface area contributed by atoms with E-state index in [-0.39, 0.29) is 0 Å². The summed E-state index contributed by atoms with van der Waals surface area (Å²) in [6.45, 7) is 9.90. The molecule has 2 fully saturated rings. The first-order valence-corrected chi connectivity index (χ1v) is 14.4. The molecular formula is C30H36N10O2. The highest BCUT2D eigenvalue weighted by Gasteiger charge is 2.24. The number of rotatable bonds is 6. The van der Waals surface area contributed by atoms with Crippen LogP contribution >= 0.6 is 0 Å². The van der Waals surface area contributed by atoms with Crippen LogP contribution in [-0.4, -0.2) is 111 Å². The fraction of sp³-hybridized carbons (Fsp3) is 0.433. The summed E-state index contributed by atoms with van der Waals surface area (Å²) < 4.78 is 15.4. The van der Waals surface area contributed by atoms with Crippen molar-refractivity contribution in [2.24, 2.45) is 7.05 Å². The smallest absolute Gasteiger partial charge is 0.159 e. The molecule has 0 spiro atoms. The normalized spacial score (nSPS) is 17.0. The van der Waals surface area contributed by atoms with Crippen molar-refractivity contribution < 1.29 is 9.47 Å². The number of pyridine rings is 3. The number of imidazole rings is 1. The van der Waals surface area contributed by atoms with Crippen LogP contribution in [0.3, 0.4) is 0 Å². The van der Waals surface area contributed by atoms with Crippen LogP contribution in [0.2, 0.25) is 0 Å². The molecule has 0 bridgehead atoms. The first kappa shape index (κ1) is 26.7. The molecule has 0 amide bonds. The van der Waals surface area contributed by atoms with Crippen molar-refractivity contribution in [3.05, 3.63) is 48.3 Å². The predicted octanol–water partition coefficient (Wildman–Crippen LogP) is 2.67. The van der Waals surface area contributed by atoms with E-state index in [2.05, 4.69) is 44.4 Å². The molecule has 2 aliphatic heterocycles. The van der Waals surface area contributed by atoms with Gasteiger partial charge in [0.25, 0.3) is 0 Å². The second kappa shape index (κ2) is 10.9. The highest BCUT2D eigenvalue weighted by molar-refractivity contribution is 5.90. The number of aromatic nitrogens is 7. The Bertz CT molecular complexity index is 1750. The van der Waals surface area contributed by atoms with E-state index in [9.17, 15) is 0 Å². The largest absolute Gasteiger partial charge is 0.496 e. The first-order valence-electron chi connectivity index (χ1n) is 14.4. The molecule has 0 aliphatic carbocycles. The number of piperazine rings is 1. The Kier molecular flexibility index (Phi) is 6.96. The van der Waals surface area contributed by atoms with Crippen LogP contribution in [-0.2, 0) is 18.3 Å². The fourth-order valence-corrected chi connectivity index (χ4v) is 5.91. The number of likely N-dealkylation sites (N-methyl/N-ethyl adjacent to an activating group) is 1. The third kappa shape index (κ3) is 4.75. The van der Waals surface area contributed by atoms with Gasteiger partial charge in [0.15, 0.2) is 11.6 Å². The van der Waals surface area contributed by atoms with Crippen LogP contribution in [0.15, 0.2) is 36.8 Å². The molecule has 2 saturated heterocycles. The van der Waals surface area contributed by atoms with Crippen LogP contribution in [0.25, 0.3) is 39.0 Å². The molecule has 42 heavy (non-hydrogen) atoms. The molecule has 12 nitrogen and oxygen atoms in total. The zero-order valence-electron chi connectivity index (χ0n) is 24.6. The number of anilines is 1. The summed E-state index contributed by atoms with van der Waals surface area (Å²) in [6, 6.07) is 5.99. The Labute approximate surface area is 244 Å². The van der Waals surface area contributed by atoms with Crippen molar-refractivity contribution in [1.82, 2.24) is 44.1 Å². The van der Waals surface area contributed by atoms with Crippen molar-refractivity contribution in [3.8, 4) is 22.8 Å². The maximum Gasteiger partial charge on any atom is 0.159 e. The Morgan fingerprint density at radius 2 is 1.74 bits per heavy atom. The third-order valence-electron chi connectivity index (χ3n) is 8.45. The van der Waals surface area contributed by atoms with Gasteiger partial charge in [-0.1, -0.05) is 0 Å². The lowest BCUT2D eigenvalue weighted by Gasteiger charge is -2.31. The van der Waals surface area contributed by atoms with E-state index >= 15 is 0 Å². The summed E-state index contributed by atoms with van der Waals surface area (Å²) in [6.07, 6.45) is 5.37. The Morgan fingerprint density at radius 3 is 2.52 bits per heavy atom. The van der Waals surface area contributed by atoms with Crippen LogP contribution in [0.5, 0.6) is 5.75 Å². The minimum atomic E-state index is 0.667. The van der Waals surface area contributed by atoms with Crippen LogP contribution in [0.4, 0.5) is 5.82 Å². The quantitative estimate of drug-likeness (QED) is 0.304. The standard InChI is InChI=1S/C30H36N10O2/c1-20-21-18-32-40(24(21)15-23(33-20)22-17-31-6-5-26(22)41-4)27-16-25-29(30(35-27)39-11-13-42-14-12-39)34-28(37(25)3)19-38-9-7-36(2)8-10-38/h5-6,15-18H,7-14,19H2,1-4H3. The van der Waals surface area contributed by atoms with Crippen molar-refractivity contribution >= 4 is 27.8 Å². The second-order valence-electron chi connectivity index (χ2n) is 11.1. The SMILES string of the molecule is COc1ccncc1-c1cc2c(cnn2-c2cc3c(nc(CN4CCN(C)CC4)n3C)c(N3CCOCC3)n2)c(C)n1. The van der Waals surface area contributed by atoms with Crippen molar-refractivity contribution in [2.75, 3.05) is 71.5 Å². The van der Waals surface area contributed by atoms with Crippen LogP contribution < -0.4 is 9.64 Å². The van der Waals surface area contributed by atoms with Gasteiger partial charge in [0.2, 0.25) is 0 Å². The van der Waals surface area contributed by atoms with Crippen molar-refractivity contribution in [2.45, 2.75) is 13.5 Å². The van der Waals surface area contributed by atoms with Gasteiger partial charge in [0.1, 0.15) is 17.1 Å². The number of nitrogens with zero attached hydrogens (tertiary/aromatic N) is 10. The molecule has 5 aromatic rings. The fourth-order valence-electron chi connectivity index (χ4n) is 5.91. The van der Waals surface area contributed by atoms with E-state index in [0.717, 1.165) is 108 Å². The maximum atomic E-state index is 5.67. The van der Waals surface area contributed by atoms with Crippen LogP contribution in [0.1, 0.15) is 11.5 Å². The van der Waals surface area contributed by atoms with Crippen LogP contribution in [0, 0.1) is 6.92 Å². The lowest BCUT2D eigenvalue weighted by Crippen LogP contribution is -2.44. The molecule has 7 rings (SSSR count). The van der Waals surface area contributed by atoms with Crippen molar-refractivity contribution in [3.63, 3.8) is 0 Å². The van der Waals surface area contributed by atoms with Gasteiger partial charge in [-0.2, -0.15) is 5.10 Å². The van der Waals surface area contributed by atoms with Gasteiger partial charge >= 0.3 is 0 Å². The monoisotopic (exact) mass is 568 g/mol. The summed E-state index contributed by atoms with van der Waals surface area (Å²) >= 11 is 0. The Morgan fingerprint density at radius 1 is 0.929 bits per heavy atom. The molecule has 0 N–H and O–H groups in total. The van der Waals surface area contributed by atoms with Gasteiger partial charge in [0, 0.05) is 75.9 Å². The summed E-state index contributed by atoms with van der Waals surface area (Å²) in [5, 5.41) is 5.79. The molecule has 218 valence electrons. The topological polar surface area (TPSA) is 102 Å². The first-order chi connectivity index (χ1) is 20.5. The summed E-state index contributed by atoms with van der Waals surface area (Å²) in [5.41, 5.74) is 5.36. The molecule has 2 aliphatic rings. The maximum absolute atomic E-state index is 5.67. The molecular weight excluding hydrogens is 532 g/mol. The summed E-state index contributed by atoms with van der Waals surface area (Å²) in [7, 11) is 5.95. The zero-order chi connectivity index (χ0) is 28.8. The third-order valence-corrected chi connectivity index (χ3v) is 8.45. The van der Waals surface area contributed by atoms with E-state index < -0.39 is 0 Å². The number of ether oxygens (including phenoxy) is 2. The number of fused-ring (bicyclic) bond motifs is 2. The molecule has 0 aromatic carbocycles. The summed E-state index contributed by atoms with van der Waals surface area (Å²) in [5.74, 6) is 3.37. The highest BCUT2D eigenvalue weighted by Crippen LogP contribution is 2.33. The molecule has 0 radical (unpaired) electrons. The molecule has 12 heteroatoms. The number of methoxy groups -OCH3 is 1. The lowest BCUT2D eigenvalue weighted by molar-refractivity contribution is 0.122. The zero-order valence-corrected chi connectivity index (χ0v) is 24.6. The van der Waals surface area contributed by atoms with Gasteiger partial charge in [-0.3, -0.25) is 14.9 Å². The van der Waals surface area contributed by atoms with Gasteiger partial charge in [-0.15, -0.1) is 0 Å². The lowest BCUT2D eigenvalue weighted by atomic mass is 10.1. The minimum Gasteiger partial charge on any atom is -0.496 e. The van der Waals surface area contributed by atoms with Gasteiger partial charge in [-0.05, 0) is 26.1 Å². The van der Waals surface area contributed by atoms with Gasteiger partial charge < -0.3 is 23.8 Å². The summed E-state index contributed by atoms with van der Waals surface area (Å²) in [4.78, 5) is 26.7. The molecule has 5 aromatic heterocycles. The molecule has 7 heterocycles. The number of hydrogen-bond donors (Lipinski definition) is 0. The Hall–Kier alpha value is -4.13.